The molecule has 0 aromatic rings. The number of aliphatic hydroxyl groups is 1. The van der Waals surface area contributed by atoms with Gasteiger partial charge in [0.15, 0.2) is 105 Å². The van der Waals surface area contributed by atoms with Crippen LogP contribution >= 0.6 is 0 Å². The van der Waals surface area contributed by atoms with Crippen LogP contribution < -0.4 is 5.32 Å². The number of carbonyl (C=O) groups is 16. The Morgan fingerprint density at radius 3 is 0.847 bits per heavy atom. The van der Waals surface area contributed by atoms with Crippen LogP contribution in [0.2, 0.25) is 0 Å². The van der Waals surface area contributed by atoms with Gasteiger partial charge in [0, 0.05) is 104 Å². The molecule has 4 rings (SSSR count). The fourth-order valence-electron chi connectivity index (χ4n) is 17.0. The van der Waals surface area contributed by atoms with Crippen LogP contribution in [0, 0.1) is 0 Å². The fourth-order valence-corrected chi connectivity index (χ4v) is 17.0. The first kappa shape index (κ1) is 120. The van der Waals surface area contributed by atoms with E-state index in [0.717, 1.165) is 181 Å². The molecule has 4 heterocycles. The lowest BCUT2D eigenvalue weighted by Gasteiger charge is -2.49. The molecule has 0 bridgehead atoms. The molecule has 1 amide bonds. The summed E-state index contributed by atoms with van der Waals surface area (Å²) in [5.74, 6) is -16.1. The van der Waals surface area contributed by atoms with Crippen molar-refractivity contribution < 1.29 is 191 Å². The summed E-state index contributed by atoms with van der Waals surface area (Å²) in [5, 5.41) is 15.0. The van der Waals surface area contributed by atoms with E-state index in [2.05, 4.69) is 19.2 Å². The van der Waals surface area contributed by atoms with Gasteiger partial charge in [0.05, 0.1) is 25.9 Å². The maximum absolute atomic E-state index is 15.1. The monoisotopic (exact) mass is 1960 g/mol. The van der Waals surface area contributed by atoms with Crippen LogP contribution in [0.4, 0.5) is 0 Å². The molecule has 2 N–H and O–H groups in total. The summed E-state index contributed by atoms with van der Waals surface area (Å²) in [5.41, 5.74) is 0. The second-order valence-corrected chi connectivity index (χ2v) is 35.2. The first-order chi connectivity index (χ1) is 65.1. The SMILES string of the molecule is CCCCCCCCCCCCCCCCCCCCCC[C@@H](OC(C)=O)C(=O)N[C@@H](CO[C@@H]1O[C@H](CO[C@@H]2O[C@H](CO[C@@H]3O[C@H](COC(C)=O)[C@H](OC(C)=O)[C@H](OC(C)=O)[C@H]3O[C@H]3O[C@H](COC(C)=O)[C@@H](OC(C)=O)[C@H](OC(C)=O)[C@H]3O)[C@H](OC(C)=O)[C@H](OC(C)=O)[C@H]2OC(C)=O)[C@H](OC(C)=O)[C@H](OC(C)=O)[C@H]1OC(C)=O)[C@H](OC(C)=O)[C@@H](CCCCCCCCCCCCCC)OC(C)=O. The predicted molar refractivity (Wildman–Crippen MR) is 479 cm³/mol. The molecule has 0 spiro atoms. The van der Waals surface area contributed by atoms with E-state index >= 15 is 4.79 Å². The number of amides is 1. The highest BCUT2D eigenvalue weighted by molar-refractivity contribution is 5.84. The number of carbonyl (C=O) groups excluding carboxylic acids is 16. The van der Waals surface area contributed by atoms with Gasteiger partial charge in [-0.25, -0.2) is 0 Å². The van der Waals surface area contributed by atoms with Gasteiger partial charge >= 0.3 is 89.5 Å². The average Bonchev–Trinajstić information content (AvgIpc) is 0.765. The van der Waals surface area contributed by atoms with Gasteiger partial charge in [-0.05, 0) is 25.7 Å². The molecular formula is C96H155NO40. The molecule has 0 unspecified atom stereocenters. The molecule has 0 radical (unpaired) electrons. The van der Waals surface area contributed by atoms with Crippen LogP contribution in [0.3, 0.4) is 0 Å². The zero-order valence-corrected chi connectivity index (χ0v) is 83.3. The molecule has 0 saturated carbocycles. The minimum absolute atomic E-state index is 0.0186. The van der Waals surface area contributed by atoms with Crippen LogP contribution in [-0.2, 0) is 186 Å². The van der Waals surface area contributed by atoms with Crippen LogP contribution in [-0.4, -0.2) is 281 Å². The Morgan fingerprint density at radius 2 is 0.526 bits per heavy atom. The van der Waals surface area contributed by atoms with Crippen LogP contribution in [0.25, 0.3) is 0 Å². The Balaban J connectivity index is 1.88. The third-order valence-electron chi connectivity index (χ3n) is 22.9. The number of aliphatic hydroxyl groups excluding tert-OH is 1. The number of unbranched alkanes of at least 4 members (excludes halogenated alkanes) is 30. The molecule has 0 aromatic carbocycles. The smallest absolute Gasteiger partial charge is 0.303 e. The highest BCUT2D eigenvalue weighted by Crippen LogP contribution is 2.39. The van der Waals surface area contributed by atoms with Crippen LogP contribution in [0.15, 0.2) is 0 Å². The van der Waals surface area contributed by atoms with Crippen molar-refractivity contribution in [3.63, 3.8) is 0 Å². The van der Waals surface area contributed by atoms with Crippen molar-refractivity contribution in [2.45, 2.75) is 483 Å². The number of rotatable bonds is 66. The zero-order valence-electron chi connectivity index (χ0n) is 83.3. The Morgan fingerprint density at radius 1 is 0.263 bits per heavy atom. The van der Waals surface area contributed by atoms with Gasteiger partial charge in [-0.15, -0.1) is 0 Å². The minimum atomic E-state index is -2.24. The van der Waals surface area contributed by atoms with Gasteiger partial charge in [-0.3, -0.25) is 76.7 Å². The summed E-state index contributed by atoms with van der Waals surface area (Å²) < 4.78 is 137. The lowest BCUT2D eigenvalue weighted by molar-refractivity contribution is -0.374. The highest BCUT2D eigenvalue weighted by Gasteiger charge is 2.60. The number of esters is 15. The summed E-state index contributed by atoms with van der Waals surface area (Å²) in [6, 6.07) is -1.64. The molecule has 4 aliphatic rings. The number of nitrogens with one attached hydrogen (secondary N) is 1. The van der Waals surface area contributed by atoms with Gasteiger partial charge in [-0.1, -0.05) is 206 Å². The molecule has 41 heteroatoms. The van der Waals surface area contributed by atoms with Crippen molar-refractivity contribution in [3.05, 3.63) is 0 Å². The standard InChI is InChI=1S/C96H155NO40/c1-18-20-22-24-26-28-30-32-33-34-35-36-37-38-39-41-43-45-47-49-51-74(121-60(6)101)92(114)97-72(80(122-61(7)102)73(120-59(5)100)50-48-46-44-42-40-31-29-27-25-23-21-19-2)52-117-94-89(131-70(16)111)86(128-67(13)108)83(125-64(10)105)77(135-94)55-118-95-90(132-71(17)112)87(129-68(14)109)84(126-65(11)106)78(136-95)56-119-96-91(88(130-69(15)110)82(124-63(9)104)76(134-96)54-116-58(4)99)137-93-79(113)85(127-66(12)107)81(123-62(8)103)75(133-93)53-115-57(3)98/h72-91,93-96,113H,18-56H2,1-17H3,(H,97,114)/t72-,73+,74+,75+,76+,77+,78+,79+,80-,81+,82-,83-,84-,85+,86-,87-,88-,89+,90+,91+,93+,94+,95+,96+/m0/s1. The van der Waals surface area contributed by atoms with Crippen LogP contribution in [0.1, 0.15) is 336 Å². The summed E-state index contributed by atoms with van der Waals surface area (Å²) in [7, 11) is 0. The van der Waals surface area contributed by atoms with Gasteiger partial charge in [0.25, 0.3) is 5.91 Å². The predicted octanol–water partition coefficient (Wildman–Crippen LogP) is 10.7. The number of ether oxygens (including phenoxy) is 23. The Kier molecular flexibility index (Phi) is 58.7. The summed E-state index contributed by atoms with van der Waals surface area (Å²) in [4.78, 5) is 213. The third-order valence-corrected chi connectivity index (χ3v) is 22.9. The maximum Gasteiger partial charge on any atom is 0.303 e. The summed E-state index contributed by atoms with van der Waals surface area (Å²) >= 11 is 0. The molecule has 41 nitrogen and oxygen atoms in total. The molecule has 4 fully saturated rings. The van der Waals surface area contributed by atoms with E-state index in [1.807, 2.05) is 0 Å². The molecule has 24 atom stereocenters. The van der Waals surface area contributed by atoms with Gasteiger partial charge in [-0.2, -0.15) is 0 Å². The van der Waals surface area contributed by atoms with Crippen molar-refractivity contribution in [3.8, 4) is 0 Å². The van der Waals surface area contributed by atoms with Crippen molar-refractivity contribution in [2.24, 2.45) is 0 Å². The van der Waals surface area contributed by atoms with E-state index in [1.165, 1.54) is 103 Å². The molecule has 4 aliphatic heterocycles. The van der Waals surface area contributed by atoms with E-state index in [-0.39, 0.29) is 12.8 Å². The van der Waals surface area contributed by atoms with Crippen molar-refractivity contribution in [1.82, 2.24) is 5.32 Å². The maximum atomic E-state index is 15.1. The van der Waals surface area contributed by atoms with Gasteiger partial charge in [0.2, 0.25) is 0 Å². The van der Waals surface area contributed by atoms with Gasteiger partial charge in [0.1, 0.15) is 49.8 Å². The second kappa shape index (κ2) is 66.7. The average molecular weight is 1960 g/mol. The quantitative estimate of drug-likeness (QED) is 0.0324. The highest BCUT2D eigenvalue weighted by atomic mass is 16.8. The van der Waals surface area contributed by atoms with Crippen molar-refractivity contribution >= 4 is 95.4 Å². The normalized spacial score (nSPS) is 25.5. The number of hydrogen-bond donors (Lipinski definition) is 2. The topological polar surface area (TPSA) is 518 Å². The van der Waals surface area contributed by atoms with E-state index < -0.39 is 276 Å². The van der Waals surface area contributed by atoms with E-state index in [1.54, 1.807) is 0 Å². The lowest BCUT2D eigenvalue weighted by Crippen LogP contribution is -2.67. The molecule has 0 aromatic heterocycles. The molecular weight excluding hydrogens is 1810 g/mol. The molecule has 784 valence electrons. The lowest BCUT2D eigenvalue weighted by atomic mass is 9.96. The largest absolute Gasteiger partial charge is 0.463 e. The van der Waals surface area contributed by atoms with E-state index in [4.69, 9.17) is 109 Å². The van der Waals surface area contributed by atoms with Crippen LogP contribution in [0.5, 0.6) is 0 Å². The van der Waals surface area contributed by atoms with E-state index in [9.17, 15) is 77.0 Å². The van der Waals surface area contributed by atoms with Crippen molar-refractivity contribution in [2.75, 3.05) is 33.0 Å². The Hall–Kier alpha value is -8.84. The molecule has 4 saturated heterocycles. The summed E-state index contributed by atoms with van der Waals surface area (Å²) in [6.07, 6.45) is -9.84. The Bertz CT molecular complexity index is 3690. The van der Waals surface area contributed by atoms with Gasteiger partial charge < -0.3 is 119 Å². The van der Waals surface area contributed by atoms with E-state index in [0.29, 0.717) is 25.7 Å². The van der Waals surface area contributed by atoms with Crippen molar-refractivity contribution in [1.29, 1.82) is 0 Å². The first-order valence-corrected chi connectivity index (χ1v) is 48.8. The minimum Gasteiger partial charge on any atom is -0.463 e. The Labute approximate surface area is 804 Å². The first-order valence-electron chi connectivity index (χ1n) is 48.8. The third kappa shape index (κ3) is 47.8. The second-order valence-electron chi connectivity index (χ2n) is 35.2. The summed E-state index contributed by atoms with van der Waals surface area (Å²) in [6.45, 7) is 14.5. The zero-order chi connectivity index (χ0) is 102. The number of hydrogen-bond acceptors (Lipinski definition) is 40. The molecule has 0 aliphatic carbocycles. The molecule has 137 heavy (non-hydrogen) atoms. The fraction of sp³-hybridized carbons (Fsp3) is 0.833.